The SMILES string of the molecule is Cc1cccc(F)c1CCS(=O)(=O)Cl. The van der Waals surface area contributed by atoms with Crippen molar-refractivity contribution in [2.75, 3.05) is 5.75 Å². The third kappa shape index (κ3) is 3.27. The van der Waals surface area contributed by atoms with E-state index in [0.717, 1.165) is 5.56 Å². The van der Waals surface area contributed by atoms with Gasteiger partial charge in [0.05, 0.1) is 5.75 Å². The lowest BCUT2D eigenvalue weighted by molar-refractivity contribution is 0.600. The van der Waals surface area contributed by atoms with E-state index in [1.807, 2.05) is 0 Å². The first-order valence-corrected chi connectivity index (χ1v) is 6.54. The third-order valence-electron chi connectivity index (χ3n) is 1.95. The van der Waals surface area contributed by atoms with Crippen molar-refractivity contribution >= 4 is 19.7 Å². The molecule has 0 spiro atoms. The lowest BCUT2D eigenvalue weighted by atomic mass is 10.1. The molecule has 0 aliphatic heterocycles. The predicted molar refractivity (Wildman–Crippen MR) is 54.5 cm³/mol. The molecule has 0 atom stereocenters. The van der Waals surface area contributed by atoms with Gasteiger partial charge in [0, 0.05) is 10.7 Å². The molecule has 5 heteroatoms. The lowest BCUT2D eigenvalue weighted by Crippen LogP contribution is -2.04. The average molecular weight is 237 g/mol. The maximum atomic E-state index is 13.2. The Kier molecular flexibility index (Phi) is 3.50. The Balaban J connectivity index is 2.87. The van der Waals surface area contributed by atoms with Crippen molar-refractivity contribution in [3.8, 4) is 0 Å². The molecule has 2 nitrogen and oxygen atoms in total. The zero-order valence-electron chi connectivity index (χ0n) is 7.63. The summed E-state index contributed by atoms with van der Waals surface area (Å²) in [5, 5.41) is 0. The minimum atomic E-state index is -3.55. The lowest BCUT2D eigenvalue weighted by Gasteiger charge is -2.05. The molecule has 0 saturated carbocycles. The van der Waals surface area contributed by atoms with Crippen LogP contribution in [-0.2, 0) is 15.5 Å². The van der Waals surface area contributed by atoms with Crippen LogP contribution in [0.4, 0.5) is 4.39 Å². The average Bonchev–Trinajstić information content (AvgIpc) is 2.01. The smallest absolute Gasteiger partial charge is 0.212 e. The molecule has 0 fully saturated rings. The first kappa shape index (κ1) is 11.5. The van der Waals surface area contributed by atoms with Crippen LogP contribution in [0.25, 0.3) is 0 Å². The van der Waals surface area contributed by atoms with Crippen molar-refractivity contribution in [2.24, 2.45) is 0 Å². The summed E-state index contributed by atoms with van der Waals surface area (Å²) in [5.74, 6) is -0.624. The molecule has 78 valence electrons. The van der Waals surface area contributed by atoms with Gasteiger partial charge in [-0.3, -0.25) is 0 Å². The Hall–Kier alpha value is -0.610. The summed E-state index contributed by atoms with van der Waals surface area (Å²) in [6.45, 7) is 1.74. The largest absolute Gasteiger partial charge is 0.232 e. The van der Waals surface area contributed by atoms with E-state index >= 15 is 0 Å². The molecule has 0 heterocycles. The first-order chi connectivity index (χ1) is 6.40. The van der Waals surface area contributed by atoms with E-state index in [1.54, 1.807) is 19.1 Å². The van der Waals surface area contributed by atoms with Gasteiger partial charge in [0.1, 0.15) is 5.82 Å². The van der Waals surface area contributed by atoms with Crippen LogP contribution in [0, 0.1) is 12.7 Å². The fourth-order valence-corrected chi connectivity index (χ4v) is 1.89. The monoisotopic (exact) mass is 236 g/mol. The molecule has 0 aromatic heterocycles. The second-order valence-corrected chi connectivity index (χ2v) is 5.92. The summed E-state index contributed by atoms with van der Waals surface area (Å²) in [6, 6.07) is 4.63. The van der Waals surface area contributed by atoms with E-state index in [2.05, 4.69) is 0 Å². The molecule has 0 N–H and O–H groups in total. The van der Waals surface area contributed by atoms with Gasteiger partial charge in [-0.2, -0.15) is 0 Å². The molecule has 0 saturated heterocycles. The van der Waals surface area contributed by atoms with Crippen molar-refractivity contribution in [1.82, 2.24) is 0 Å². The molecule has 14 heavy (non-hydrogen) atoms. The van der Waals surface area contributed by atoms with Gasteiger partial charge in [-0.05, 0) is 30.5 Å². The molecule has 1 aromatic rings. The molecule has 0 bridgehead atoms. The zero-order valence-corrected chi connectivity index (χ0v) is 9.20. The highest BCUT2D eigenvalue weighted by Gasteiger charge is 2.10. The Morgan fingerprint density at radius 1 is 1.43 bits per heavy atom. The van der Waals surface area contributed by atoms with Gasteiger partial charge < -0.3 is 0 Å². The summed E-state index contributed by atoms with van der Waals surface area (Å²) in [7, 11) is 1.49. The van der Waals surface area contributed by atoms with Crippen LogP contribution in [0.3, 0.4) is 0 Å². The fraction of sp³-hybridized carbons (Fsp3) is 0.333. The van der Waals surface area contributed by atoms with Crippen LogP contribution in [0.5, 0.6) is 0 Å². The summed E-state index contributed by atoms with van der Waals surface area (Å²) < 4.78 is 34.5. The highest BCUT2D eigenvalue weighted by molar-refractivity contribution is 8.13. The minimum absolute atomic E-state index is 0.115. The van der Waals surface area contributed by atoms with Gasteiger partial charge in [0.2, 0.25) is 9.05 Å². The van der Waals surface area contributed by atoms with Crippen LogP contribution < -0.4 is 0 Å². The van der Waals surface area contributed by atoms with Crippen molar-refractivity contribution in [3.63, 3.8) is 0 Å². The molecular weight excluding hydrogens is 227 g/mol. The number of hydrogen-bond donors (Lipinski definition) is 0. The van der Waals surface area contributed by atoms with E-state index in [0.29, 0.717) is 5.56 Å². The molecule has 0 unspecified atom stereocenters. The summed E-state index contributed by atoms with van der Waals surface area (Å²) in [5.41, 5.74) is 1.15. The molecule has 1 rings (SSSR count). The van der Waals surface area contributed by atoms with Crippen LogP contribution in [0.2, 0.25) is 0 Å². The van der Waals surface area contributed by atoms with E-state index in [9.17, 15) is 12.8 Å². The molecule has 0 radical (unpaired) electrons. The standard InChI is InChI=1S/C9H10ClFO2S/c1-7-3-2-4-9(11)8(7)5-6-14(10,12)13/h2-4H,5-6H2,1H3. The van der Waals surface area contributed by atoms with Gasteiger partial charge in [-0.1, -0.05) is 12.1 Å². The van der Waals surface area contributed by atoms with Crippen LogP contribution >= 0.6 is 10.7 Å². The zero-order chi connectivity index (χ0) is 10.8. The maximum Gasteiger partial charge on any atom is 0.232 e. The molecule has 0 aliphatic carbocycles. The minimum Gasteiger partial charge on any atom is -0.212 e. The van der Waals surface area contributed by atoms with Gasteiger partial charge in [0.25, 0.3) is 0 Å². The van der Waals surface area contributed by atoms with E-state index in [4.69, 9.17) is 10.7 Å². The Bertz CT molecular complexity index is 408. The number of benzene rings is 1. The van der Waals surface area contributed by atoms with Crippen LogP contribution in [-0.4, -0.2) is 14.2 Å². The highest BCUT2D eigenvalue weighted by Crippen LogP contribution is 2.14. The van der Waals surface area contributed by atoms with Crippen LogP contribution in [0.15, 0.2) is 18.2 Å². The first-order valence-electron chi connectivity index (χ1n) is 4.06. The number of hydrogen-bond acceptors (Lipinski definition) is 2. The van der Waals surface area contributed by atoms with Crippen molar-refractivity contribution in [2.45, 2.75) is 13.3 Å². The van der Waals surface area contributed by atoms with Crippen molar-refractivity contribution in [3.05, 3.63) is 35.1 Å². The third-order valence-corrected chi connectivity index (χ3v) is 3.10. The molecular formula is C9H10ClFO2S. The van der Waals surface area contributed by atoms with E-state index < -0.39 is 9.05 Å². The fourth-order valence-electron chi connectivity index (χ4n) is 1.21. The molecule has 1 aromatic carbocycles. The summed E-state index contributed by atoms with van der Waals surface area (Å²) in [6.07, 6.45) is 0.115. The normalized spacial score (nSPS) is 11.6. The predicted octanol–water partition coefficient (Wildman–Crippen LogP) is 2.25. The Labute approximate surface area is 87.1 Å². The van der Waals surface area contributed by atoms with Gasteiger partial charge >= 0.3 is 0 Å². The highest BCUT2D eigenvalue weighted by atomic mass is 35.7. The van der Waals surface area contributed by atoms with Gasteiger partial charge in [-0.25, -0.2) is 12.8 Å². The second-order valence-electron chi connectivity index (χ2n) is 3.03. The van der Waals surface area contributed by atoms with Gasteiger partial charge in [0.15, 0.2) is 0 Å². The number of halogens is 2. The summed E-state index contributed by atoms with van der Waals surface area (Å²) >= 11 is 0. The van der Waals surface area contributed by atoms with E-state index in [-0.39, 0.29) is 18.0 Å². The Morgan fingerprint density at radius 3 is 2.57 bits per heavy atom. The maximum absolute atomic E-state index is 13.2. The van der Waals surface area contributed by atoms with Crippen molar-refractivity contribution < 1.29 is 12.8 Å². The van der Waals surface area contributed by atoms with Crippen LogP contribution in [0.1, 0.15) is 11.1 Å². The van der Waals surface area contributed by atoms with Gasteiger partial charge in [-0.15, -0.1) is 0 Å². The Morgan fingerprint density at radius 2 is 2.07 bits per heavy atom. The molecule has 0 amide bonds. The van der Waals surface area contributed by atoms with Crippen molar-refractivity contribution in [1.29, 1.82) is 0 Å². The summed E-state index contributed by atoms with van der Waals surface area (Å²) in [4.78, 5) is 0. The number of aryl methyl sites for hydroxylation is 1. The topological polar surface area (TPSA) is 34.1 Å². The van der Waals surface area contributed by atoms with E-state index in [1.165, 1.54) is 6.07 Å². The number of rotatable bonds is 3. The molecule has 0 aliphatic rings. The second kappa shape index (κ2) is 4.28. The quantitative estimate of drug-likeness (QED) is 0.755.